The van der Waals surface area contributed by atoms with Gasteiger partial charge >= 0.3 is 0 Å². The monoisotopic (exact) mass is 332 g/mol. The third kappa shape index (κ3) is 1.98. The van der Waals surface area contributed by atoms with E-state index in [0.717, 1.165) is 28.0 Å². The summed E-state index contributed by atoms with van der Waals surface area (Å²) in [6.45, 7) is 0. The SMILES string of the molecule is C#Cc1ccc(-c2nc3c4ccccc4c4ccccc4c3n2C)cc1. The molecule has 0 aliphatic carbocycles. The minimum absolute atomic E-state index is 0.878. The van der Waals surface area contributed by atoms with Crippen LogP contribution in [0.4, 0.5) is 0 Å². The smallest absolute Gasteiger partial charge is 0.140 e. The van der Waals surface area contributed by atoms with Gasteiger partial charge in [-0.3, -0.25) is 0 Å². The van der Waals surface area contributed by atoms with E-state index >= 15 is 0 Å². The van der Waals surface area contributed by atoms with Gasteiger partial charge in [-0.2, -0.15) is 0 Å². The standard InChI is InChI=1S/C24H16N2/c1-3-16-12-14-17(15-13-16)24-25-22-20-10-6-4-8-18(20)19-9-5-7-11-21(19)23(22)26(24)2/h1,4-15H,2H3. The number of imidazole rings is 1. The van der Waals surface area contributed by atoms with Gasteiger partial charge in [-0.25, -0.2) is 4.98 Å². The van der Waals surface area contributed by atoms with Gasteiger partial charge in [0.1, 0.15) is 5.82 Å². The van der Waals surface area contributed by atoms with E-state index in [-0.39, 0.29) is 0 Å². The van der Waals surface area contributed by atoms with Gasteiger partial charge < -0.3 is 4.57 Å². The number of hydrogen-bond acceptors (Lipinski definition) is 1. The lowest BCUT2D eigenvalue weighted by Gasteiger charge is -2.08. The van der Waals surface area contributed by atoms with E-state index in [1.807, 2.05) is 24.3 Å². The molecule has 0 spiro atoms. The quantitative estimate of drug-likeness (QED) is 0.291. The van der Waals surface area contributed by atoms with Crippen LogP contribution in [0.15, 0.2) is 72.8 Å². The van der Waals surface area contributed by atoms with E-state index in [0.29, 0.717) is 0 Å². The van der Waals surface area contributed by atoms with E-state index in [1.165, 1.54) is 21.5 Å². The summed E-state index contributed by atoms with van der Waals surface area (Å²) in [5.41, 5.74) is 4.15. The molecule has 0 amide bonds. The molecule has 0 unspecified atom stereocenters. The van der Waals surface area contributed by atoms with Crippen LogP contribution in [-0.2, 0) is 7.05 Å². The van der Waals surface area contributed by atoms with E-state index in [9.17, 15) is 0 Å². The van der Waals surface area contributed by atoms with Crippen molar-refractivity contribution in [3.8, 4) is 23.7 Å². The second-order valence-electron chi connectivity index (χ2n) is 6.50. The largest absolute Gasteiger partial charge is 0.327 e. The van der Waals surface area contributed by atoms with Gasteiger partial charge in [0.05, 0.1) is 11.0 Å². The van der Waals surface area contributed by atoms with Crippen LogP contribution in [0.2, 0.25) is 0 Å². The fourth-order valence-electron chi connectivity index (χ4n) is 3.82. The summed E-state index contributed by atoms with van der Waals surface area (Å²) in [4.78, 5) is 5.03. The molecule has 1 heterocycles. The minimum Gasteiger partial charge on any atom is -0.327 e. The molecular formula is C24H16N2. The minimum atomic E-state index is 0.878. The van der Waals surface area contributed by atoms with Gasteiger partial charge in [-0.05, 0) is 22.9 Å². The van der Waals surface area contributed by atoms with E-state index < -0.39 is 0 Å². The Kier molecular flexibility index (Phi) is 3.10. The Bertz CT molecular complexity index is 1330. The van der Waals surface area contributed by atoms with Crippen molar-refractivity contribution >= 4 is 32.6 Å². The Balaban J connectivity index is 1.94. The highest BCUT2D eigenvalue weighted by atomic mass is 15.1. The maximum Gasteiger partial charge on any atom is 0.140 e. The molecular weight excluding hydrogens is 316 g/mol. The van der Waals surface area contributed by atoms with Gasteiger partial charge in [0.25, 0.3) is 0 Å². The maximum absolute atomic E-state index is 5.48. The van der Waals surface area contributed by atoms with Crippen molar-refractivity contribution in [1.82, 2.24) is 9.55 Å². The zero-order chi connectivity index (χ0) is 17.7. The Morgan fingerprint density at radius 3 is 2.00 bits per heavy atom. The van der Waals surface area contributed by atoms with Crippen molar-refractivity contribution in [3.63, 3.8) is 0 Å². The number of benzene rings is 4. The van der Waals surface area contributed by atoms with Crippen LogP contribution in [-0.4, -0.2) is 9.55 Å². The molecule has 26 heavy (non-hydrogen) atoms. The highest BCUT2D eigenvalue weighted by Crippen LogP contribution is 2.36. The third-order valence-corrected chi connectivity index (χ3v) is 5.06. The number of aryl methyl sites for hydroxylation is 1. The normalized spacial score (nSPS) is 11.2. The second-order valence-corrected chi connectivity index (χ2v) is 6.50. The second kappa shape index (κ2) is 5.47. The Hall–Kier alpha value is -3.57. The first kappa shape index (κ1) is 14.7. The molecule has 1 aromatic heterocycles. The van der Waals surface area contributed by atoms with Crippen LogP contribution in [0.1, 0.15) is 5.56 Å². The third-order valence-electron chi connectivity index (χ3n) is 5.06. The first-order valence-corrected chi connectivity index (χ1v) is 8.61. The molecule has 0 radical (unpaired) electrons. The van der Waals surface area contributed by atoms with Crippen LogP contribution >= 0.6 is 0 Å². The molecule has 0 saturated heterocycles. The molecule has 4 aromatic carbocycles. The summed E-state index contributed by atoms with van der Waals surface area (Å²) in [6.07, 6.45) is 5.48. The van der Waals surface area contributed by atoms with Crippen molar-refractivity contribution < 1.29 is 0 Å². The zero-order valence-electron chi connectivity index (χ0n) is 14.4. The first-order chi connectivity index (χ1) is 12.8. The predicted molar refractivity (Wildman–Crippen MR) is 109 cm³/mol. The number of hydrogen-bond donors (Lipinski definition) is 0. The summed E-state index contributed by atoms with van der Waals surface area (Å²) in [5, 5.41) is 4.90. The van der Waals surface area contributed by atoms with Gasteiger partial charge in [0.15, 0.2) is 0 Å². The molecule has 0 bridgehead atoms. The van der Waals surface area contributed by atoms with Crippen LogP contribution < -0.4 is 0 Å². The van der Waals surface area contributed by atoms with E-state index in [2.05, 4.69) is 66.1 Å². The average Bonchev–Trinajstić information content (AvgIpc) is 3.06. The molecule has 5 aromatic rings. The molecule has 2 nitrogen and oxygen atoms in total. The van der Waals surface area contributed by atoms with E-state index in [1.54, 1.807) is 0 Å². The predicted octanol–water partition coefficient (Wildman–Crippen LogP) is 5.53. The maximum atomic E-state index is 5.48. The Morgan fingerprint density at radius 2 is 1.35 bits per heavy atom. The zero-order valence-corrected chi connectivity index (χ0v) is 14.4. The van der Waals surface area contributed by atoms with Crippen molar-refractivity contribution in [1.29, 1.82) is 0 Å². The Morgan fingerprint density at radius 1 is 0.769 bits per heavy atom. The summed E-state index contributed by atoms with van der Waals surface area (Å²) < 4.78 is 2.19. The van der Waals surface area contributed by atoms with Crippen molar-refractivity contribution in [2.75, 3.05) is 0 Å². The summed E-state index contributed by atoms with van der Waals surface area (Å²) >= 11 is 0. The molecule has 0 aliphatic rings. The number of terminal acetylenes is 1. The molecule has 0 fully saturated rings. The van der Waals surface area contributed by atoms with Crippen LogP contribution in [0.5, 0.6) is 0 Å². The van der Waals surface area contributed by atoms with Crippen LogP contribution in [0, 0.1) is 12.3 Å². The van der Waals surface area contributed by atoms with Gasteiger partial charge in [0, 0.05) is 28.9 Å². The van der Waals surface area contributed by atoms with Crippen molar-refractivity contribution in [2.45, 2.75) is 0 Å². The number of nitrogens with zero attached hydrogens (tertiary/aromatic N) is 2. The molecule has 122 valence electrons. The average molecular weight is 332 g/mol. The molecule has 0 atom stereocenters. The first-order valence-electron chi connectivity index (χ1n) is 8.61. The number of fused-ring (bicyclic) bond motifs is 6. The molecule has 2 heteroatoms. The van der Waals surface area contributed by atoms with Gasteiger partial charge in [0.2, 0.25) is 0 Å². The van der Waals surface area contributed by atoms with Gasteiger partial charge in [-0.15, -0.1) is 6.42 Å². The molecule has 0 saturated carbocycles. The fourth-order valence-corrected chi connectivity index (χ4v) is 3.82. The topological polar surface area (TPSA) is 17.8 Å². The highest BCUT2D eigenvalue weighted by Gasteiger charge is 2.16. The van der Waals surface area contributed by atoms with Crippen LogP contribution in [0.25, 0.3) is 44.0 Å². The number of rotatable bonds is 1. The molecule has 5 rings (SSSR count). The number of aromatic nitrogens is 2. The fraction of sp³-hybridized carbons (Fsp3) is 0.0417. The van der Waals surface area contributed by atoms with Crippen LogP contribution in [0.3, 0.4) is 0 Å². The lowest BCUT2D eigenvalue weighted by molar-refractivity contribution is 0.962. The van der Waals surface area contributed by atoms with Gasteiger partial charge in [-0.1, -0.05) is 66.6 Å². The molecule has 0 N–H and O–H groups in total. The van der Waals surface area contributed by atoms with Crippen molar-refractivity contribution in [2.24, 2.45) is 7.05 Å². The summed E-state index contributed by atoms with van der Waals surface area (Å²) in [6, 6.07) is 25.0. The molecule has 0 aliphatic heterocycles. The summed E-state index contributed by atoms with van der Waals surface area (Å²) in [7, 11) is 2.08. The highest BCUT2D eigenvalue weighted by molar-refractivity contribution is 6.23. The van der Waals surface area contributed by atoms with E-state index in [4.69, 9.17) is 11.4 Å². The lowest BCUT2D eigenvalue weighted by Crippen LogP contribution is -1.93. The summed E-state index contributed by atoms with van der Waals surface area (Å²) in [5.74, 6) is 3.62. The lowest BCUT2D eigenvalue weighted by atomic mass is 10.00. The Labute approximate surface area is 151 Å². The van der Waals surface area contributed by atoms with Crippen molar-refractivity contribution in [3.05, 3.63) is 78.4 Å².